The zero-order chi connectivity index (χ0) is 16.3. The average Bonchev–Trinajstić information content (AvgIpc) is 2.62. The average molecular weight is 368 g/mol. The van der Waals surface area contributed by atoms with Crippen LogP contribution in [0.5, 0.6) is 5.75 Å². The van der Waals surface area contributed by atoms with Crippen LogP contribution in [0.2, 0.25) is 0 Å². The van der Waals surface area contributed by atoms with Crippen LogP contribution >= 0.6 is 24.0 Å². The molecule has 5 nitrogen and oxygen atoms in total. The largest absolute Gasteiger partial charge is 0.497 e. The normalized spacial score (nSPS) is 16.2. The summed E-state index contributed by atoms with van der Waals surface area (Å²) in [5, 5.41) is -0.320. The van der Waals surface area contributed by atoms with Gasteiger partial charge < -0.3 is 9.64 Å². The Morgan fingerprint density at radius 1 is 1.21 bits per heavy atom. The summed E-state index contributed by atoms with van der Waals surface area (Å²) in [4.78, 5) is 22.9. The smallest absolute Gasteiger partial charge is 0.232 e. The van der Waals surface area contributed by atoms with Crippen molar-refractivity contribution in [1.29, 1.82) is 0 Å². The number of ether oxygens (including phenoxy) is 1. The van der Waals surface area contributed by atoms with Gasteiger partial charge in [-0.2, -0.15) is 0 Å². The first kappa shape index (κ1) is 18.5. The number of hydrogen-bond donors (Lipinski definition) is 0. The number of aromatic nitrogens is 2. The summed E-state index contributed by atoms with van der Waals surface area (Å²) in [6.45, 7) is 1.36. The minimum Gasteiger partial charge on any atom is -0.497 e. The highest BCUT2D eigenvalue weighted by Crippen LogP contribution is 2.39. The molecule has 2 heterocycles. The highest BCUT2D eigenvalue weighted by atomic mass is 35.5. The van der Waals surface area contributed by atoms with Crippen LogP contribution < -0.4 is 9.64 Å². The number of nitrogens with zero attached hydrogens (tertiary/aromatic N) is 3. The molecule has 0 atom stereocenters. The van der Waals surface area contributed by atoms with E-state index in [0.717, 1.165) is 11.3 Å². The summed E-state index contributed by atoms with van der Waals surface area (Å²) in [6.07, 6.45) is 4.69. The van der Waals surface area contributed by atoms with E-state index in [-0.39, 0.29) is 17.6 Å². The molecule has 1 aliphatic rings. The second kappa shape index (κ2) is 7.81. The third-order valence-corrected chi connectivity index (χ3v) is 4.81. The molecule has 0 unspecified atom stereocenters. The van der Waals surface area contributed by atoms with Crippen molar-refractivity contribution in [2.24, 2.45) is 0 Å². The molecule has 24 heavy (non-hydrogen) atoms. The van der Waals surface area contributed by atoms with Gasteiger partial charge in [-0.15, -0.1) is 12.4 Å². The Balaban J connectivity index is 0.00000208. The maximum atomic E-state index is 12.2. The van der Waals surface area contributed by atoms with Gasteiger partial charge in [0, 0.05) is 25.5 Å². The Morgan fingerprint density at radius 2 is 1.88 bits per heavy atom. The number of piperidine rings is 1. The number of halogens is 2. The van der Waals surface area contributed by atoms with E-state index < -0.39 is 5.41 Å². The van der Waals surface area contributed by atoms with Gasteiger partial charge in [-0.05, 0) is 48.2 Å². The molecular formula is C17H19Cl2N3O2. The van der Waals surface area contributed by atoms with Crippen molar-refractivity contribution < 1.29 is 9.53 Å². The Bertz CT molecular complexity index is 689. The van der Waals surface area contributed by atoms with Crippen molar-refractivity contribution in [3.63, 3.8) is 0 Å². The molecule has 0 spiro atoms. The molecule has 1 fully saturated rings. The van der Waals surface area contributed by atoms with Crippen LogP contribution in [0, 0.1) is 0 Å². The third-order valence-electron chi connectivity index (χ3n) is 4.45. The maximum Gasteiger partial charge on any atom is 0.232 e. The Kier molecular flexibility index (Phi) is 6.02. The minimum atomic E-state index is -0.679. The van der Waals surface area contributed by atoms with Gasteiger partial charge in [0.1, 0.15) is 5.75 Å². The van der Waals surface area contributed by atoms with E-state index in [1.807, 2.05) is 24.3 Å². The van der Waals surface area contributed by atoms with E-state index in [2.05, 4.69) is 14.9 Å². The molecule has 1 aliphatic heterocycles. The molecule has 0 bridgehead atoms. The number of hydrogen-bond acceptors (Lipinski definition) is 5. The fraction of sp³-hybridized carbons (Fsp3) is 0.353. The topological polar surface area (TPSA) is 55.3 Å². The van der Waals surface area contributed by atoms with E-state index >= 15 is 0 Å². The molecule has 2 aromatic rings. The van der Waals surface area contributed by atoms with Crippen LogP contribution in [0.15, 0.2) is 42.7 Å². The first-order chi connectivity index (χ1) is 11.2. The van der Waals surface area contributed by atoms with Crippen molar-refractivity contribution in [2.75, 3.05) is 25.1 Å². The lowest BCUT2D eigenvalue weighted by Gasteiger charge is -2.39. The molecule has 128 valence electrons. The fourth-order valence-corrected chi connectivity index (χ4v) is 3.36. The van der Waals surface area contributed by atoms with Crippen LogP contribution in [-0.4, -0.2) is 35.4 Å². The Morgan fingerprint density at radius 3 is 2.46 bits per heavy atom. The summed E-state index contributed by atoms with van der Waals surface area (Å²) in [5.74, 6) is 1.42. The Labute approximate surface area is 152 Å². The van der Waals surface area contributed by atoms with Crippen molar-refractivity contribution >= 4 is 35.2 Å². The van der Waals surface area contributed by atoms with Crippen molar-refractivity contribution in [1.82, 2.24) is 9.97 Å². The van der Waals surface area contributed by atoms with Crippen molar-refractivity contribution in [3.05, 3.63) is 48.3 Å². The monoisotopic (exact) mass is 367 g/mol. The summed E-state index contributed by atoms with van der Waals surface area (Å²) in [5.41, 5.74) is 0.229. The molecule has 3 rings (SSSR count). The van der Waals surface area contributed by atoms with Crippen LogP contribution in [0.4, 0.5) is 5.95 Å². The zero-order valence-electron chi connectivity index (χ0n) is 13.3. The highest BCUT2D eigenvalue weighted by Gasteiger charge is 2.42. The van der Waals surface area contributed by atoms with Crippen LogP contribution in [0.3, 0.4) is 0 Å². The number of anilines is 1. The van der Waals surface area contributed by atoms with Gasteiger partial charge >= 0.3 is 0 Å². The molecule has 7 heteroatoms. The number of carbonyl (C=O) groups is 1. The molecule has 1 aromatic carbocycles. The first-order valence-corrected chi connectivity index (χ1v) is 7.90. The molecule has 0 saturated carbocycles. The lowest BCUT2D eigenvalue weighted by Crippen LogP contribution is -2.46. The second-order valence-electron chi connectivity index (χ2n) is 5.62. The first-order valence-electron chi connectivity index (χ1n) is 7.52. The highest BCUT2D eigenvalue weighted by molar-refractivity contribution is 6.65. The minimum absolute atomic E-state index is 0. The fourth-order valence-electron chi connectivity index (χ4n) is 3.06. The molecule has 0 radical (unpaired) electrons. The standard InChI is InChI=1S/C17H18ClN3O2.ClH/c1-23-14-5-2-4-13(12-14)17(15(18)22)6-10-21(11-7-17)16-19-8-3-9-20-16;/h2-5,8-9,12H,6-7,10-11H2,1H3;1H. The Hall–Kier alpha value is -1.85. The lowest BCUT2D eigenvalue weighted by molar-refractivity contribution is -0.117. The van der Waals surface area contributed by atoms with Crippen LogP contribution in [0.1, 0.15) is 18.4 Å². The lowest BCUT2D eigenvalue weighted by atomic mass is 9.74. The van der Waals surface area contributed by atoms with Gasteiger partial charge in [0.25, 0.3) is 0 Å². The van der Waals surface area contributed by atoms with Crippen molar-refractivity contribution in [2.45, 2.75) is 18.3 Å². The molecule has 1 aromatic heterocycles. The zero-order valence-corrected chi connectivity index (χ0v) is 14.9. The SMILES string of the molecule is COc1cccc(C2(C(=O)Cl)CCN(c3ncccn3)CC2)c1.Cl. The van der Waals surface area contributed by atoms with Crippen LogP contribution in [0.25, 0.3) is 0 Å². The van der Waals surface area contributed by atoms with Crippen LogP contribution in [-0.2, 0) is 10.2 Å². The molecule has 1 saturated heterocycles. The maximum absolute atomic E-state index is 12.2. The van der Waals surface area contributed by atoms with E-state index in [1.54, 1.807) is 25.6 Å². The number of carbonyl (C=O) groups excluding carboxylic acids is 1. The van der Waals surface area contributed by atoms with E-state index in [4.69, 9.17) is 16.3 Å². The second-order valence-corrected chi connectivity index (χ2v) is 5.97. The number of benzene rings is 1. The molecular weight excluding hydrogens is 349 g/mol. The van der Waals surface area contributed by atoms with Gasteiger partial charge in [-0.3, -0.25) is 4.79 Å². The third kappa shape index (κ3) is 3.47. The summed E-state index contributed by atoms with van der Waals surface area (Å²) >= 11 is 6.01. The number of rotatable bonds is 4. The van der Waals surface area contributed by atoms with E-state index in [9.17, 15) is 4.79 Å². The molecule has 0 N–H and O–H groups in total. The number of methoxy groups -OCH3 is 1. The quantitative estimate of drug-likeness (QED) is 0.776. The summed E-state index contributed by atoms with van der Waals surface area (Å²) < 4.78 is 5.28. The van der Waals surface area contributed by atoms with Crippen molar-refractivity contribution in [3.8, 4) is 5.75 Å². The van der Waals surface area contributed by atoms with Gasteiger partial charge in [-0.1, -0.05) is 12.1 Å². The summed E-state index contributed by atoms with van der Waals surface area (Å²) in [6, 6.07) is 9.38. The summed E-state index contributed by atoms with van der Waals surface area (Å²) in [7, 11) is 1.61. The predicted molar refractivity (Wildman–Crippen MR) is 96.3 cm³/mol. The van der Waals surface area contributed by atoms with E-state index in [1.165, 1.54) is 0 Å². The molecule has 0 aliphatic carbocycles. The predicted octanol–water partition coefficient (Wildman–Crippen LogP) is 3.21. The van der Waals surface area contributed by atoms with Gasteiger partial charge in [-0.25, -0.2) is 9.97 Å². The van der Waals surface area contributed by atoms with Gasteiger partial charge in [0.2, 0.25) is 11.2 Å². The van der Waals surface area contributed by atoms with Gasteiger partial charge in [0.05, 0.1) is 12.5 Å². The molecule has 0 amide bonds. The van der Waals surface area contributed by atoms with Gasteiger partial charge in [0.15, 0.2) is 0 Å². The van der Waals surface area contributed by atoms with E-state index in [0.29, 0.717) is 31.9 Å².